The second kappa shape index (κ2) is 5.54. The summed E-state index contributed by atoms with van der Waals surface area (Å²) in [6, 6.07) is 8.73. The zero-order valence-electron chi connectivity index (χ0n) is 8.84. The Morgan fingerprint density at radius 2 is 2.00 bits per heavy atom. The number of rotatable bonds is 3. The highest BCUT2D eigenvalue weighted by atomic mass is 79.9. The van der Waals surface area contributed by atoms with E-state index in [4.69, 9.17) is 4.74 Å². The molecule has 0 spiro atoms. The number of carbonyl (C=O) groups excluding carboxylic acids is 1. The zero-order chi connectivity index (χ0) is 12.1. The minimum atomic E-state index is -0.390. The van der Waals surface area contributed by atoms with Crippen molar-refractivity contribution in [2.24, 2.45) is 0 Å². The van der Waals surface area contributed by atoms with Crippen molar-refractivity contribution in [3.05, 3.63) is 58.6 Å². The molecule has 0 saturated carbocycles. The van der Waals surface area contributed by atoms with Crippen LogP contribution in [0, 0.1) is 0 Å². The van der Waals surface area contributed by atoms with E-state index in [1.165, 1.54) is 0 Å². The molecule has 4 nitrogen and oxygen atoms in total. The molecule has 0 aliphatic carbocycles. The molecule has 1 aromatic heterocycles. The van der Waals surface area contributed by atoms with Gasteiger partial charge in [0.05, 0.1) is 5.56 Å². The van der Waals surface area contributed by atoms with Gasteiger partial charge in [-0.05, 0) is 24.3 Å². The van der Waals surface area contributed by atoms with Crippen LogP contribution in [0.2, 0.25) is 0 Å². The lowest BCUT2D eigenvalue weighted by molar-refractivity contribution is 0.0462. The van der Waals surface area contributed by atoms with Gasteiger partial charge in [0.2, 0.25) is 0 Å². The van der Waals surface area contributed by atoms with Crippen LogP contribution in [0.5, 0.6) is 0 Å². The van der Waals surface area contributed by atoms with Crippen LogP contribution in [0.15, 0.2) is 47.2 Å². The van der Waals surface area contributed by atoms with Crippen LogP contribution < -0.4 is 0 Å². The maximum absolute atomic E-state index is 11.7. The molecule has 0 aliphatic rings. The summed E-state index contributed by atoms with van der Waals surface area (Å²) < 4.78 is 5.92. The van der Waals surface area contributed by atoms with Gasteiger partial charge in [-0.15, -0.1) is 0 Å². The molecule has 1 heterocycles. The van der Waals surface area contributed by atoms with E-state index in [9.17, 15) is 4.79 Å². The van der Waals surface area contributed by atoms with Crippen molar-refractivity contribution in [3.63, 3.8) is 0 Å². The first kappa shape index (κ1) is 11.7. The van der Waals surface area contributed by atoms with Crippen molar-refractivity contribution < 1.29 is 9.53 Å². The van der Waals surface area contributed by atoms with E-state index < -0.39 is 5.97 Å². The topological polar surface area (TPSA) is 52.1 Å². The minimum Gasteiger partial charge on any atom is -0.454 e. The molecule has 0 radical (unpaired) electrons. The van der Waals surface area contributed by atoms with Crippen LogP contribution >= 0.6 is 15.9 Å². The molecule has 0 amide bonds. The number of hydrogen-bond donors (Lipinski definition) is 0. The first-order valence-electron chi connectivity index (χ1n) is 4.94. The van der Waals surface area contributed by atoms with Crippen LogP contribution in [0.1, 0.15) is 16.2 Å². The van der Waals surface area contributed by atoms with Crippen LogP contribution in [0.3, 0.4) is 0 Å². The van der Waals surface area contributed by atoms with Crippen molar-refractivity contribution in [1.29, 1.82) is 0 Å². The van der Waals surface area contributed by atoms with Crippen LogP contribution in [0.4, 0.5) is 0 Å². The summed E-state index contributed by atoms with van der Waals surface area (Å²) in [6.07, 6.45) is 3.21. The molecule has 0 N–H and O–H groups in total. The Balaban J connectivity index is 1.98. The largest absolute Gasteiger partial charge is 0.454 e. The molecule has 17 heavy (non-hydrogen) atoms. The molecule has 0 saturated heterocycles. The van der Waals surface area contributed by atoms with E-state index in [1.807, 2.05) is 6.07 Å². The average Bonchev–Trinajstić information content (AvgIpc) is 2.37. The summed E-state index contributed by atoms with van der Waals surface area (Å²) in [4.78, 5) is 19.6. The van der Waals surface area contributed by atoms with Crippen LogP contribution in [-0.2, 0) is 11.3 Å². The van der Waals surface area contributed by atoms with Crippen LogP contribution in [-0.4, -0.2) is 15.9 Å². The number of esters is 1. The van der Waals surface area contributed by atoms with Crippen molar-refractivity contribution in [2.75, 3.05) is 0 Å². The number of halogens is 1. The van der Waals surface area contributed by atoms with Crippen molar-refractivity contribution in [1.82, 2.24) is 9.97 Å². The number of ether oxygens (including phenoxy) is 1. The zero-order valence-corrected chi connectivity index (χ0v) is 10.4. The first-order valence-corrected chi connectivity index (χ1v) is 5.73. The van der Waals surface area contributed by atoms with Gasteiger partial charge in [0.15, 0.2) is 12.4 Å². The lowest BCUT2D eigenvalue weighted by Crippen LogP contribution is -2.07. The third-order valence-corrected chi connectivity index (χ3v) is 2.51. The Kier molecular flexibility index (Phi) is 3.82. The fourth-order valence-corrected chi connectivity index (χ4v) is 1.63. The third-order valence-electron chi connectivity index (χ3n) is 2.01. The van der Waals surface area contributed by atoms with E-state index in [-0.39, 0.29) is 6.61 Å². The molecule has 5 heteroatoms. The van der Waals surface area contributed by atoms with Gasteiger partial charge in [-0.1, -0.05) is 22.0 Å². The van der Waals surface area contributed by atoms with E-state index >= 15 is 0 Å². The van der Waals surface area contributed by atoms with Gasteiger partial charge < -0.3 is 4.74 Å². The second-order valence-electron chi connectivity index (χ2n) is 3.25. The summed E-state index contributed by atoms with van der Waals surface area (Å²) in [7, 11) is 0. The standard InChI is InChI=1S/C12H9BrN2O2/c13-10-4-1-3-9(7-10)12(16)17-8-11-14-5-2-6-15-11/h1-7H,8H2. The lowest BCUT2D eigenvalue weighted by atomic mass is 10.2. The second-order valence-corrected chi connectivity index (χ2v) is 4.17. The molecule has 0 aliphatic heterocycles. The summed E-state index contributed by atoms with van der Waals surface area (Å²) in [5.74, 6) is 0.0922. The van der Waals surface area contributed by atoms with Gasteiger partial charge in [-0.2, -0.15) is 0 Å². The van der Waals surface area contributed by atoms with Gasteiger partial charge in [0.25, 0.3) is 0 Å². The Morgan fingerprint density at radius 3 is 2.71 bits per heavy atom. The molecule has 0 bridgehead atoms. The van der Waals surface area contributed by atoms with Crippen molar-refractivity contribution in [3.8, 4) is 0 Å². The van der Waals surface area contributed by atoms with Crippen LogP contribution in [0.25, 0.3) is 0 Å². The van der Waals surface area contributed by atoms with Gasteiger partial charge in [0, 0.05) is 16.9 Å². The smallest absolute Gasteiger partial charge is 0.338 e. The maximum atomic E-state index is 11.7. The minimum absolute atomic E-state index is 0.0756. The highest BCUT2D eigenvalue weighted by Crippen LogP contribution is 2.12. The van der Waals surface area contributed by atoms with E-state index in [0.29, 0.717) is 11.4 Å². The van der Waals surface area contributed by atoms with Crippen molar-refractivity contribution in [2.45, 2.75) is 6.61 Å². The quantitative estimate of drug-likeness (QED) is 0.816. The Bertz CT molecular complexity index is 517. The van der Waals surface area contributed by atoms with Gasteiger partial charge in [-0.3, -0.25) is 0 Å². The summed E-state index contributed by atoms with van der Waals surface area (Å²) in [5.41, 5.74) is 0.496. The maximum Gasteiger partial charge on any atom is 0.338 e. The molecule has 0 fully saturated rings. The number of benzene rings is 1. The molecule has 0 atom stereocenters. The van der Waals surface area contributed by atoms with E-state index in [1.54, 1.807) is 36.7 Å². The monoisotopic (exact) mass is 292 g/mol. The van der Waals surface area contributed by atoms with Crippen molar-refractivity contribution >= 4 is 21.9 Å². The third kappa shape index (κ3) is 3.35. The van der Waals surface area contributed by atoms with Gasteiger partial charge in [-0.25, -0.2) is 14.8 Å². The fraction of sp³-hybridized carbons (Fsp3) is 0.0833. The van der Waals surface area contributed by atoms with E-state index in [0.717, 1.165) is 4.47 Å². The molecule has 2 aromatic rings. The average molecular weight is 293 g/mol. The lowest BCUT2D eigenvalue weighted by Gasteiger charge is -2.03. The molecule has 2 rings (SSSR count). The number of nitrogens with zero attached hydrogens (tertiary/aromatic N) is 2. The summed E-state index contributed by atoms with van der Waals surface area (Å²) >= 11 is 3.29. The fourth-order valence-electron chi connectivity index (χ4n) is 1.23. The highest BCUT2D eigenvalue weighted by molar-refractivity contribution is 9.10. The molecular formula is C12H9BrN2O2. The normalized spacial score (nSPS) is 9.94. The Labute approximate surface area is 107 Å². The highest BCUT2D eigenvalue weighted by Gasteiger charge is 2.08. The first-order chi connectivity index (χ1) is 8.25. The molecule has 0 unspecified atom stereocenters. The molecule has 86 valence electrons. The van der Waals surface area contributed by atoms with E-state index in [2.05, 4.69) is 25.9 Å². The molecule has 1 aromatic carbocycles. The number of aromatic nitrogens is 2. The van der Waals surface area contributed by atoms with Gasteiger partial charge in [0.1, 0.15) is 0 Å². The molecular weight excluding hydrogens is 284 g/mol. The Hall–Kier alpha value is -1.75. The number of hydrogen-bond acceptors (Lipinski definition) is 4. The predicted molar refractivity (Wildman–Crippen MR) is 65.3 cm³/mol. The number of carbonyl (C=O) groups is 1. The van der Waals surface area contributed by atoms with Gasteiger partial charge >= 0.3 is 5.97 Å². The summed E-state index contributed by atoms with van der Waals surface area (Å²) in [6.45, 7) is 0.0756. The Morgan fingerprint density at radius 1 is 1.24 bits per heavy atom. The SMILES string of the molecule is O=C(OCc1ncccn1)c1cccc(Br)c1. The predicted octanol–water partition coefficient (Wildman–Crippen LogP) is 2.60. The summed E-state index contributed by atoms with van der Waals surface area (Å²) in [5, 5.41) is 0.